The lowest BCUT2D eigenvalue weighted by Gasteiger charge is -2.10. The third-order valence-corrected chi connectivity index (χ3v) is 3.52. The van der Waals surface area contributed by atoms with E-state index in [-0.39, 0.29) is 12.2 Å². The first-order chi connectivity index (χ1) is 11.1. The van der Waals surface area contributed by atoms with Crippen LogP contribution in [-0.4, -0.2) is 22.4 Å². The van der Waals surface area contributed by atoms with Crippen molar-refractivity contribution in [3.63, 3.8) is 0 Å². The lowest BCUT2D eigenvalue weighted by Crippen LogP contribution is -2.13. The van der Waals surface area contributed by atoms with Crippen molar-refractivity contribution in [2.75, 3.05) is 7.11 Å². The van der Waals surface area contributed by atoms with E-state index in [9.17, 15) is 4.79 Å². The van der Waals surface area contributed by atoms with Crippen LogP contribution in [0.1, 0.15) is 16.1 Å². The summed E-state index contributed by atoms with van der Waals surface area (Å²) >= 11 is 5.94. The number of benzene rings is 1. The molecule has 1 aromatic carbocycles. The Morgan fingerprint density at radius 3 is 2.87 bits per heavy atom. The van der Waals surface area contributed by atoms with Crippen molar-refractivity contribution in [3.05, 3.63) is 59.0 Å². The van der Waals surface area contributed by atoms with Crippen LogP contribution in [0.15, 0.2) is 42.7 Å². The summed E-state index contributed by atoms with van der Waals surface area (Å²) in [6.45, 7) is 0.187. The number of carbonyl (C=O) groups is 1. The zero-order valence-corrected chi connectivity index (χ0v) is 13.1. The zero-order chi connectivity index (χ0) is 16.4. The smallest absolute Gasteiger partial charge is 0.252 e. The first kappa shape index (κ1) is 15.2. The second kappa shape index (κ2) is 6.18. The molecule has 0 fully saturated rings. The van der Waals surface area contributed by atoms with Gasteiger partial charge in [-0.05, 0) is 24.3 Å². The number of pyridine rings is 1. The van der Waals surface area contributed by atoms with Crippen molar-refractivity contribution >= 4 is 23.2 Å². The zero-order valence-electron chi connectivity index (χ0n) is 12.3. The average Bonchev–Trinajstić information content (AvgIpc) is 2.94. The minimum atomic E-state index is -0.565. The van der Waals surface area contributed by atoms with Crippen molar-refractivity contribution in [3.8, 4) is 11.5 Å². The predicted octanol–water partition coefficient (Wildman–Crippen LogP) is 2.67. The molecule has 0 saturated heterocycles. The third-order valence-electron chi connectivity index (χ3n) is 3.29. The Balaban J connectivity index is 1.85. The number of hydrogen-bond donors (Lipinski definition) is 1. The molecule has 0 radical (unpaired) electrons. The van der Waals surface area contributed by atoms with E-state index in [1.165, 1.54) is 7.11 Å². The maximum Gasteiger partial charge on any atom is 0.252 e. The number of methoxy groups -OCH3 is 1. The van der Waals surface area contributed by atoms with Crippen molar-refractivity contribution < 1.29 is 14.3 Å². The number of halogens is 1. The number of fused-ring (bicyclic) bond motifs is 1. The van der Waals surface area contributed by atoms with Gasteiger partial charge >= 0.3 is 0 Å². The Hall–Kier alpha value is -2.73. The molecular formula is C16H14ClN3O3. The molecular weight excluding hydrogens is 318 g/mol. The molecule has 3 rings (SSSR count). The first-order valence-corrected chi connectivity index (χ1v) is 7.18. The van der Waals surface area contributed by atoms with Gasteiger partial charge in [-0.3, -0.25) is 4.79 Å². The standard InChI is InChI=1S/C16H14ClN3O3/c1-22-12-3-4-13(16(18)21)14(6-12)23-9-11-8-20-7-10(17)2-5-15(20)19-11/h2-8H,9H2,1H3,(H2,18,21). The predicted molar refractivity (Wildman–Crippen MR) is 86.0 cm³/mol. The molecule has 0 aliphatic rings. The molecule has 2 heterocycles. The molecule has 2 N–H and O–H groups in total. The Morgan fingerprint density at radius 2 is 2.13 bits per heavy atom. The van der Waals surface area contributed by atoms with Crippen LogP contribution < -0.4 is 15.2 Å². The van der Waals surface area contributed by atoms with E-state index < -0.39 is 5.91 Å². The van der Waals surface area contributed by atoms with Crippen molar-refractivity contribution in [1.82, 2.24) is 9.38 Å². The molecule has 6 nitrogen and oxygen atoms in total. The van der Waals surface area contributed by atoms with Crippen LogP contribution in [0.5, 0.6) is 11.5 Å². The summed E-state index contributed by atoms with van der Waals surface area (Å²) in [4.78, 5) is 15.9. The van der Waals surface area contributed by atoms with Gasteiger partial charge in [-0.25, -0.2) is 4.98 Å². The molecule has 2 aromatic heterocycles. The molecule has 3 aromatic rings. The fourth-order valence-corrected chi connectivity index (χ4v) is 2.36. The van der Waals surface area contributed by atoms with Crippen LogP contribution in [0.4, 0.5) is 0 Å². The Labute approximate surface area is 137 Å². The Kier molecular flexibility index (Phi) is 4.08. The van der Waals surface area contributed by atoms with Crippen molar-refractivity contribution in [2.45, 2.75) is 6.61 Å². The number of nitrogens with zero attached hydrogens (tertiary/aromatic N) is 2. The highest BCUT2D eigenvalue weighted by atomic mass is 35.5. The van der Waals surface area contributed by atoms with Crippen LogP contribution in [-0.2, 0) is 6.61 Å². The molecule has 1 amide bonds. The third kappa shape index (κ3) is 3.22. The van der Waals surface area contributed by atoms with E-state index in [1.807, 2.05) is 16.7 Å². The van der Waals surface area contributed by atoms with Gasteiger partial charge < -0.3 is 19.6 Å². The van der Waals surface area contributed by atoms with E-state index >= 15 is 0 Å². The molecule has 0 spiro atoms. The normalized spacial score (nSPS) is 10.7. The van der Waals surface area contributed by atoms with Crippen LogP contribution in [0, 0.1) is 0 Å². The van der Waals surface area contributed by atoms with E-state index in [1.54, 1.807) is 30.5 Å². The van der Waals surface area contributed by atoms with Gasteiger partial charge in [0.05, 0.1) is 23.4 Å². The molecule has 0 unspecified atom stereocenters. The summed E-state index contributed by atoms with van der Waals surface area (Å²) in [7, 11) is 1.54. The average molecular weight is 332 g/mol. The summed E-state index contributed by atoms with van der Waals surface area (Å²) in [5.74, 6) is 0.364. The summed E-state index contributed by atoms with van der Waals surface area (Å²) in [5, 5.41) is 0.617. The van der Waals surface area contributed by atoms with Gasteiger partial charge in [-0.2, -0.15) is 0 Å². The van der Waals surface area contributed by atoms with E-state index in [0.717, 1.165) is 5.65 Å². The molecule has 0 saturated carbocycles. The van der Waals surface area contributed by atoms with Gasteiger partial charge in [0.15, 0.2) is 0 Å². The monoisotopic (exact) mass is 331 g/mol. The highest BCUT2D eigenvalue weighted by Gasteiger charge is 2.12. The minimum Gasteiger partial charge on any atom is -0.497 e. The van der Waals surface area contributed by atoms with E-state index in [2.05, 4.69) is 4.98 Å². The summed E-state index contributed by atoms with van der Waals surface area (Å²) in [5.41, 5.74) is 7.11. The number of nitrogens with two attached hydrogens (primary N) is 1. The fourth-order valence-electron chi connectivity index (χ4n) is 2.19. The van der Waals surface area contributed by atoms with Gasteiger partial charge in [0.1, 0.15) is 23.8 Å². The molecule has 0 atom stereocenters. The first-order valence-electron chi connectivity index (χ1n) is 6.80. The number of carbonyl (C=O) groups excluding carboxylic acids is 1. The molecule has 118 valence electrons. The quantitative estimate of drug-likeness (QED) is 0.779. The largest absolute Gasteiger partial charge is 0.497 e. The highest BCUT2D eigenvalue weighted by molar-refractivity contribution is 6.30. The molecule has 0 aliphatic carbocycles. The van der Waals surface area contributed by atoms with Crippen LogP contribution >= 0.6 is 11.6 Å². The van der Waals surface area contributed by atoms with Gasteiger partial charge in [0, 0.05) is 18.5 Å². The molecule has 0 aliphatic heterocycles. The van der Waals surface area contributed by atoms with Gasteiger partial charge in [0.25, 0.3) is 5.91 Å². The number of aromatic nitrogens is 2. The minimum absolute atomic E-state index is 0.187. The number of amides is 1. The lowest BCUT2D eigenvalue weighted by molar-refractivity contribution is 0.0996. The Bertz CT molecular complexity index is 876. The summed E-state index contributed by atoms with van der Waals surface area (Å²) in [6.07, 6.45) is 3.57. The van der Waals surface area contributed by atoms with Gasteiger partial charge in [-0.15, -0.1) is 0 Å². The summed E-state index contributed by atoms with van der Waals surface area (Å²) in [6, 6.07) is 8.42. The molecule has 7 heteroatoms. The van der Waals surface area contributed by atoms with E-state index in [0.29, 0.717) is 22.2 Å². The second-order valence-corrected chi connectivity index (χ2v) is 5.30. The maximum atomic E-state index is 11.5. The number of rotatable bonds is 5. The Morgan fingerprint density at radius 1 is 1.30 bits per heavy atom. The van der Waals surface area contributed by atoms with E-state index in [4.69, 9.17) is 26.8 Å². The number of primary amides is 1. The van der Waals surface area contributed by atoms with Crippen LogP contribution in [0.25, 0.3) is 5.65 Å². The SMILES string of the molecule is COc1ccc(C(N)=O)c(OCc2cn3cc(Cl)ccc3n2)c1. The highest BCUT2D eigenvalue weighted by Crippen LogP contribution is 2.25. The van der Waals surface area contributed by atoms with Crippen LogP contribution in [0.2, 0.25) is 5.02 Å². The van der Waals surface area contributed by atoms with Crippen LogP contribution in [0.3, 0.4) is 0 Å². The summed E-state index contributed by atoms with van der Waals surface area (Å²) < 4.78 is 12.6. The lowest BCUT2D eigenvalue weighted by atomic mass is 10.2. The number of ether oxygens (including phenoxy) is 2. The molecule has 23 heavy (non-hydrogen) atoms. The number of hydrogen-bond acceptors (Lipinski definition) is 4. The fraction of sp³-hybridized carbons (Fsp3) is 0.125. The molecule has 0 bridgehead atoms. The van der Waals surface area contributed by atoms with Crippen molar-refractivity contribution in [1.29, 1.82) is 0 Å². The van der Waals surface area contributed by atoms with Gasteiger partial charge in [0.2, 0.25) is 0 Å². The maximum absolute atomic E-state index is 11.5. The van der Waals surface area contributed by atoms with Crippen molar-refractivity contribution in [2.24, 2.45) is 5.73 Å². The second-order valence-electron chi connectivity index (χ2n) is 4.86. The van der Waals surface area contributed by atoms with Gasteiger partial charge in [-0.1, -0.05) is 11.6 Å². The number of imidazole rings is 1. The topological polar surface area (TPSA) is 78.8 Å².